The molecule has 1 heterocycles. The first kappa shape index (κ1) is 12.3. The summed E-state index contributed by atoms with van der Waals surface area (Å²) in [6.45, 7) is 3.42. The van der Waals surface area contributed by atoms with Gasteiger partial charge in [0.2, 0.25) is 0 Å². The first-order valence-electron chi connectivity index (χ1n) is 4.82. The molecule has 1 N–H and O–H groups in total. The smallest absolute Gasteiger partial charge is 0.307 e. The Bertz CT molecular complexity index is 311. The van der Waals surface area contributed by atoms with E-state index in [9.17, 15) is 4.79 Å². The molecule has 1 rings (SSSR count). The summed E-state index contributed by atoms with van der Waals surface area (Å²) >= 11 is 3.35. The van der Waals surface area contributed by atoms with Crippen LogP contribution in [0.25, 0.3) is 0 Å². The molecule has 0 atom stereocenters. The number of furan rings is 1. The van der Waals surface area contributed by atoms with Gasteiger partial charge in [0, 0.05) is 6.54 Å². The van der Waals surface area contributed by atoms with Gasteiger partial charge < -0.3 is 14.5 Å². The Labute approximate surface area is 97.1 Å². The number of rotatable bonds is 6. The molecule has 4 nitrogen and oxygen atoms in total. The summed E-state index contributed by atoms with van der Waals surface area (Å²) in [5.74, 6) is 0.655. The largest absolute Gasteiger partial charge is 0.467 e. The van der Waals surface area contributed by atoms with E-state index in [1.807, 2.05) is 6.07 Å². The Morgan fingerprint density at radius 2 is 2.47 bits per heavy atom. The monoisotopic (exact) mass is 275 g/mol. The van der Waals surface area contributed by atoms with Crippen LogP contribution in [-0.2, 0) is 16.1 Å². The van der Waals surface area contributed by atoms with Crippen molar-refractivity contribution >= 4 is 21.9 Å². The van der Waals surface area contributed by atoms with Gasteiger partial charge in [-0.25, -0.2) is 0 Å². The maximum Gasteiger partial charge on any atom is 0.307 e. The van der Waals surface area contributed by atoms with Gasteiger partial charge in [0.1, 0.15) is 5.76 Å². The fraction of sp³-hybridized carbons (Fsp3) is 0.500. The molecule has 0 aliphatic heterocycles. The first-order valence-corrected chi connectivity index (χ1v) is 5.61. The zero-order valence-corrected chi connectivity index (χ0v) is 10.2. The zero-order chi connectivity index (χ0) is 11.1. The number of halogens is 1. The second-order valence-electron chi connectivity index (χ2n) is 2.92. The summed E-state index contributed by atoms with van der Waals surface area (Å²) in [5.41, 5.74) is 0. The number of hydrogen-bond acceptors (Lipinski definition) is 4. The molecule has 0 amide bonds. The minimum absolute atomic E-state index is 0.177. The molecule has 0 radical (unpaired) electrons. The summed E-state index contributed by atoms with van der Waals surface area (Å²) in [4.78, 5) is 11.0. The van der Waals surface area contributed by atoms with Crippen molar-refractivity contribution in [1.82, 2.24) is 5.32 Å². The van der Waals surface area contributed by atoms with E-state index in [2.05, 4.69) is 21.2 Å². The topological polar surface area (TPSA) is 51.5 Å². The number of carbonyl (C=O) groups excluding carboxylic acids is 1. The van der Waals surface area contributed by atoms with Gasteiger partial charge in [0.15, 0.2) is 0 Å². The molecule has 0 aromatic carbocycles. The van der Waals surface area contributed by atoms with E-state index in [4.69, 9.17) is 9.15 Å². The lowest BCUT2D eigenvalue weighted by atomic mass is 10.4. The van der Waals surface area contributed by atoms with E-state index in [-0.39, 0.29) is 5.97 Å². The van der Waals surface area contributed by atoms with Crippen molar-refractivity contribution in [3.63, 3.8) is 0 Å². The van der Waals surface area contributed by atoms with Crippen molar-refractivity contribution in [3.8, 4) is 0 Å². The predicted molar refractivity (Wildman–Crippen MR) is 59.4 cm³/mol. The fourth-order valence-corrected chi connectivity index (χ4v) is 1.42. The average Bonchev–Trinajstić information content (AvgIpc) is 2.60. The normalized spacial score (nSPS) is 10.3. The van der Waals surface area contributed by atoms with Gasteiger partial charge in [-0.1, -0.05) is 0 Å². The third kappa shape index (κ3) is 4.48. The van der Waals surface area contributed by atoms with Crippen molar-refractivity contribution < 1.29 is 13.9 Å². The van der Waals surface area contributed by atoms with E-state index in [1.165, 1.54) is 0 Å². The molecule has 0 aliphatic carbocycles. The number of ether oxygens (including phenoxy) is 1. The lowest BCUT2D eigenvalue weighted by Gasteiger charge is -2.03. The minimum Gasteiger partial charge on any atom is -0.467 e. The molecule has 5 heteroatoms. The molecule has 1 aromatic rings. The fourth-order valence-electron chi connectivity index (χ4n) is 1.08. The Morgan fingerprint density at radius 3 is 3.07 bits per heavy atom. The Morgan fingerprint density at radius 1 is 1.67 bits per heavy atom. The van der Waals surface area contributed by atoms with Crippen LogP contribution in [0.3, 0.4) is 0 Å². The van der Waals surface area contributed by atoms with Crippen LogP contribution in [0.15, 0.2) is 21.2 Å². The molecule has 0 bridgehead atoms. The number of hydrogen-bond donors (Lipinski definition) is 1. The van der Waals surface area contributed by atoms with Gasteiger partial charge in [-0.15, -0.1) is 0 Å². The van der Waals surface area contributed by atoms with Crippen LogP contribution >= 0.6 is 15.9 Å². The first-order chi connectivity index (χ1) is 7.24. The van der Waals surface area contributed by atoms with Gasteiger partial charge >= 0.3 is 5.97 Å². The molecule has 0 saturated heterocycles. The van der Waals surface area contributed by atoms with E-state index in [1.54, 1.807) is 13.2 Å². The molecule has 0 spiro atoms. The molecule has 15 heavy (non-hydrogen) atoms. The standard InChI is InChI=1S/C10H14BrNO3/c1-2-14-10(13)3-5-12-7-9-8(11)4-6-15-9/h4,6,12H,2-3,5,7H2,1H3. The number of nitrogens with one attached hydrogen (secondary N) is 1. The van der Waals surface area contributed by atoms with Crippen molar-refractivity contribution in [3.05, 3.63) is 22.6 Å². The van der Waals surface area contributed by atoms with Crippen molar-refractivity contribution in [2.24, 2.45) is 0 Å². The maximum absolute atomic E-state index is 11.0. The molecular formula is C10H14BrNO3. The number of carbonyl (C=O) groups is 1. The summed E-state index contributed by atoms with van der Waals surface area (Å²) < 4.78 is 10.9. The highest BCUT2D eigenvalue weighted by molar-refractivity contribution is 9.10. The SMILES string of the molecule is CCOC(=O)CCNCc1occc1Br. The molecule has 0 unspecified atom stereocenters. The van der Waals surface area contributed by atoms with Gasteiger partial charge in [-0.2, -0.15) is 0 Å². The highest BCUT2D eigenvalue weighted by Gasteiger charge is 2.04. The van der Waals surface area contributed by atoms with Gasteiger partial charge in [0.25, 0.3) is 0 Å². The van der Waals surface area contributed by atoms with Gasteiger partial charge in [-0.05, 0) is 28.9 Å². The van der Waals surface area contributed by atoms with E-state index < -0.39 is 0 Å². The lowest BCUT2D eigenvalue weighted by molar-refractivity contribution is -0.142. The van der Waals surface area contributed by atoms with Crippen LogP contribution in [0.4, 0.5) is 0 Å². The van der Waals surface area contributed by atoms with E-state index in [0.717, 1.165) is 10.2 Å². The van der Waals surface area contributed by atoms with E-state index >= 15 is 0 Å². The Balaban J connectivity index is 2.12. The van der Waals surface area contributed by atoms with Crippen LogP contribution in [-0.4, -0.2) is 19.1 Å². The summed E-state index contributed by atoms with van der Waals surface area (Å²) in [6.07, 6.45) is 2.00. The molecule has 0 fully saturated rings. The highest BCUT2D eigenvalue weighted by Crippen LogP contribution is 2.16. The van der Waals surface area contributed by atoms with Crippen LogP contribution in [0.2, 0.25) is 0 Å². The van der Waals surface area contributed by atoms with E-state index in [0.29, 0.717) is 26.1 Å². The molecule has 1 aromatic heterocycles. The van der Waals surface area contributed by atoms with Crippen molar-refractivity contribution in [2.45, 2.75) is 19.9 Å². The quantitative estimate of drug-likeness (QED) is 0.638. The van der Waals surface area contributed by atoms with Gasteiger partial charge in [0.05, 0.1) is 30.3 Å². The summed E-state index contributed by atoms with van der Waals surface area (Å²) in [7, 11) is 0. The van der Waals surface area contributed by atoms with Gasteiger partial charge in [-0.3, -0.25) is 4.79 Å². The highest BCUT2D eigenvalue weighted by atomic mass is 79.9. The van der Waals surface area contributed by atoms with Crippen molar-refractivity contribution in [2.75, 3.05) is 13.2 Å². The lowest BCUT2D eigenvalue weighted by Crippen LogP contribution is -2.18. The molecule has 0 aliphatic rings. The molecular weight excluding hydrogens is 262 g/mol. The minimum atomic E-state index is -0.177. The second kappa shape index (κ2) is 6.63. The van der Waals surface area contributed by atoms with Crippen LogP contribution in [0, 0.1) is 0 Å². The van der Waals surface area contributed by atoms with Crippen molar-refractivity contribution in [1.29, 1.82) is 0 Å². The third-order valence-corrected chi connectivity index (χ3v) is 2.49. The molecule has 84 valence electrons. The average molecular weight is 276 g/mol. The maximum atomic E-state index is 11.0. The summed E-state index contributed by atoms with van der Waals surface area (Å²) in [5, 5.41) is 3.09. The number of esters is 1. The van der Waals surface area contributed by atoms with Crippen LogP contribution in [0.1, 0.15) is 19.1 Å². The Hall–Kier alpha value is -0.810. The second-order valence-corrected chi connectivity index (χ2v) is 3.78. The van der Waals surface area contributed by atoms with Crippen LogP contribution < -0.4 is 5.32 Å². The summed E-state index contributed by atoms with van der Waals surface area (Å²) in [6, 6.07) is 1.84. The zero-order valence-electron chi connectivity index (χ0n) is 8.59. The Kier molecular flexibility index (Phi) is 5.42. The van der Waals surface area contributed by atoms with Crippen LogP contribution in [0.5, 0.6) is 0 Å². The third-order valence-electron chi connectivity index (χ3n) is 1.79. The molecule has 0 saturated carbocycles. The predicted octanol–water partition coefficient (Wildman–Crippen LogP) is 2.08.